The van der Waals surface area contributed by atoms with Gasteiger partial charge < -0.3 is 4.90 Å². The van der Waals surface area contributed by atoms with Gasteiger partial charge in [0.15, 0.2) is 0 Å². The molecule has 176 valence electrons. The lowest BCUT2D eigenvalue weighted by Gasteiger charge is -2.36. The minimum Gasteiger partial charge on any atom is -0.368 e. The van der Waals surface area contributed by atoms with Crippen LogP contribution in [0.25, 0.3) is 10.9 Å². The van der Waals surface area contributed by atoms with Gasteiger partial charge in [-0.3, -0.25) is 4.90 Å². The number of anilines is 1. The second-order valence-electron chi connectivity index (χ2n) is 8.97. The molecule has 3 aromatic carbocycles. The summed E-state index contributed by atoms with van der Waals surface area (Å²) in [6, 6.07) is 25.8. The Morgan fingerprint density at radius 2 is 1.50 bits per heavy atom. The predicted molar refractivity (Wildman–Crippen MR) is 139 cm³/mol. The largest absolute Gasteiger partial charge is 0.368 e. The zero-order valence-electron chi connectivity index (χ0n) is 19.6. The van der Waals surface area contributed by atoms with Gasteiger partial charge in [0.25, 0.3) is 10.0 Å². The van der Waals surface area contributed by atoms with Crippen molar-refractivity contribution < 1.29 is 8.42 Å². The molecule has 0 atom stereocenters. The molecule has 1 saturated heterocycles. The summed E-state index contributed by atoms with van der Waals surface area (Å²) in [5.41, 5.74) is 4.32. The second-order valence-corrected chi connectivity index (χ2v) is 10.8. The van der Waals surface area contributed by atoms with Crippen molar-refractivity contribution >= 4 is 26.6 Å². The summed E-state index contributed by atoms with van der Waals surface area (Å²) < 4.78 is 28.3. The fourth-order valence-electron chi connectivity index (χ4n) is 4.83. The van der Waals surface area contributed by atoms with Gasteiger partial charge in [-0.2, -0.15) is 0 Å². The Morgan fingerprint density at radius 3 is 2.21 bits per heavy atom. The van der Waals surface area contributed by atoms with Crippen LogP contribution in [0, 0.1) is 0 Å². The van der Waals surface area contributed by atoms with Crippen LogP contribution in [-0.4, -0.2) is 43.5 Å². The van der Waals surface area contributed by atoms with Crippen LogP contribution in [0.15, 0.2) is 90.0 Å². The van der Waals surface area contributed by atoms with Crippen molar-refractivity contribution in [2.24, 2.45) is 0 Å². The number of aromatic nitrogens is 1. The molecule has 0 spiro atoms. The molecule has 0 radical (unpaired) electrons. The van der Waals surface area contributed by atoms with E-state index >= 15 is 0 Å². The Hall–Kier alpha value is -3.09. The highest BCUT2D eigenvalue weighted by Gasteiger charge is 2.23. The van der Waals surface area contributed by atoms with Crippen LogP contribution in [-0.2, 0) is 23.0 Å². The van der Waals surface area contributed by atoms with Crippen molar-refractivity contribution in [1.29, 1.82) is 0 Å². The van der Waals surface area contributed by atoms with Crippen LogP contribution < -0.4 is 4.90 Å². The zero-order chi connectivity index (χ0) is 23.5. The van der Waals surface area contributed by atoms with Crippen LogP contribution in [0.3, 0.4) is 0 Å². The number of aryl methyl sites for hydroxylation is 1. The molecule has 1 aliphatic heterocycles. The fourth-order valence-corrected chi connectivity index (χ4v) is 6.18. The molecule has 0 unspecified atom stereocenters. The van der Waals surface area contributed by atoms with Gasteiger partial charge in [-0.15, -0.1) is 0 Å². The van der Waals surface area contributed by atoms with Crippen molar-refractivity contribution in [1.82, 2.24) is 8.87 Å². The van der Waals surface area contributed by atoms with Crippen LogP contribution in [0.1, 0.15) is 24.5 Å². The highest BCUT2D eigenvalue weighted by atomic mass is 32.2. The lowest BCUT2D eigenvalue weighted by atomic mass is 10.1. The van der Waals surface area contributed by atoms with E-state index in [0.29, 0.717) is 4.90 Å². The predicted octanol–water partition coefficient (Wildman–Crippen LogP) is 5.15. The molecule has 0 bridgehead atoms. The van der Waals surface area contributed by atoms with E-state index < -0.39 is 10.0 Å². The number of rotatable bonds is 7. The number of hydrogen-bond acceptors (Lipinski definition) is 4. The maximum atomic E-state index is 13.4. The minimum atomic E-state index is -3.65. The van der Waals surface area contributed by atoms with Crippen LogP contribution in [0.2, 0.25) is 0 Å². The Morgan fingerprint density at radius 1 is 0.765 bits per heavy atom. The number of nitrogens with zero attached hydrogens (tertiary/aromatic N) is 3. The summed E-state index contributed by atoms with van der Waals surface area (Å²) in [5.74, 6) is 0. The number of fused-ring (bicyclic) bond motifs is 1. The highest BCUT2D eigenvalue weighted by Crippen LogP contribution is 2.31. The quantitative estimate of drug-likeness (QED) is 0.372. The third kappa shape index (κ3) is 4.48. The van der Waals surface area contributed by atoms with Gasteiger partial charge in [-0.25, -0.2) is 12.4 Å². The maximum absolute atomic E-state index is 13.4. The van der Waals surface area contributed by atoms with E-state index in [1.807, 2.05) is 30.3 Å². The number of hydrogen-bond donors (Lipinski definition) is 0. The van der Waals surface area contributed by atoms with Gasteiger partial charge in [0, 0.05) is 50.0 Å². The third-order valence-corrected chi connectivity index (χ3v) is 8.36. The first-order valence-electron chi connectivity index (χ1n) is 12.0. The maximum Gasteiger partial charge on any atom is 0.268 e. The van der Waals surface area contributed by atoms with E-state index in [9.17, 15) is 8.42 Å². The van der Waals surface area contributed by atoms with Crippen LogP contribution in [0.5, 0.6) is 0 Å². The molecule has 6 heteroatoms. The van der Waals surface area contributed by atoms with Crippen molar-refractivity contribution in [2.75, 3.05) is 31.1 Å². The lowest BCUT2D eigenvalue weighted by molar-refractivity contribution is 0.250. The topological polar surface area (TPSA) is 45.6 Å². The molecular weight excluding hydrogens is 442 g/mol. The first-order chi connectivity index (χ1) is 16.6. The first-order valence-corrected chi connectivity index (χ1v) is 13.5. The monoisotopic (exact) mass is 473 g/mol. The van der Waals surface area contributed by atoms with E-state index in [2.05, 4.69) is 53.1 Å². The molecule has 5 rings (SSSR count). The van der Waals surface area contributed by atoms with Gasteiger partial charge in [0.1, 0.15) is 0 Å². The normalized spacial score (nSPS) is 15.1. The van der Waals surface area contributed by atoms with Gasteiger partial charge in [-0.1, -0.05) is 61.9 Å². The first kappa shape index (κ1) is 22.7. The summed E-state index contributed by atoms with van der Waals surface area (Å²) in [6.07, 6.45) is 3.68. The second kappa shape index (κ2) is 9.65. The van der Waals surface area contributed by atoms with Gasteiger partial charge in [0.2, 0.25) is 0 Å². The molecule has 1 aliphatic rings. The molecule has 2 heterocycles. The van der Waals surface area contributed by atoms with Gasteiger partial charge in [-0.05, 0) is 47.9 Å². The molecule has 5 nitrogen and oxygen atoms in total. The number of piperazine rings is 1. The molecule has 34 heavy (non-hydrogen) atoms. The van der Waals surface area contributed by atoms with E-state index in [-0.39, 0.29) is 0 Å². The zero-order valence-corrected chi connectivity index (χ0v) is 20.4. The Kier molecular flexibility index (Phi) is 6.44. The molecule has 0 saturated carbocycles. The highest BCUT2D eigenvalue weighted by molar-refractivity contribution is 7.90. The summed E-state index contributed by atoms with van der Waals surface area (Å²) in [6.45, 7) is 6.89. The van der Waals surface area contributed by atoms with E-state index in [1.54, 1.807) is 18.3 Å². The van der Waals surface area contributed by atoms with Crippen molar-refractivity contribution in [3.63, 3.8) is 0 Å². The number of benzene rings is 3. The molecule has 0 aliphatic carbocycles. The Bertz CT molecular complexity index is 1350. The molecular formula is C28H31N3O2S. The summed E-state index contributed by atoms with van der Waals surface area (Å²) in [7, 11) is -3.65. The summed E-state index contributed by atoms with van der Waals surface area (Å²) >= 11 is 0. The molecule has 1 fully saturated rings. The molecule has 0 amide bonds. The standard InChI is InChI=1S/C28H31N3O2S/c1-2-7-23-12-14-25(15-13-23)34(32,33)31-17-16-26-27(10-6-11-28(26)31)30-20-18-29(19-21-30)22-24-8-4-3-5-9-24/h3-6,8-17H,2,7,18-22H2,1H3. The van der Waals surface area contributed by atoms with E-state index in [1.165, 1.54) is 9.54 Å². The van der Waals surface area contributed by atoms with Crippen molar-refractivity contribution in [2.45, 2.75) is 31.2 Å². The smallest absolute Gasteiger partial charge is 0.268 e. The summed E-state index contributed by atoms with van der Waals surface area (Å²) in [5, 5.41) is 0.977. The van der Waals surface area contributed by atoms with Gasteiger partial charge >= 0.3 is 0 Å². The molecule has 1 aromatic heterocycles. The van der Waals surface area contributed by atoms with Crippen LogP contribution in [0.4, 0.5) is 5.69 Å². The van der Waals surface area contributed by atoms with Gasteiger partial charge in [0.05, 0.1) is 10.4 Å². The van der Waals surface area contributed by atoms with Crippen molar-refractivity contribution in [3.8, 4) is 0 Å². The average molecular weight is 474 g/mol. The lowest BCUT2D eigenvalue weighted by Crippen LogP contribution is -2.46. The Labute approximate surface area is 202 Å². The average Bonchev–Trinajstić information content (AvgIpc) is 3.31. The van der Waals surface area contributed by atoms with E-state index in [0.717, 1.165) is 67.7 Å². The summed E-state index contributed by atoms with van der Waals surface area (Å²) in [4.78, 5) is 5.18. The minimum absolute atomic E-state index is 0.324. The third-order valence-electron chi connectivity index (χ3n) is 6.65. The fraction of sp³-hybridized carbons (Fsp3) is 0.286. The molecule has 0 N–H and O–H groups in total. The SMILES string of the molecule is CCCc1ccc(S(=O)(=O)n2ccc3c(N4CCN(Cc5ccccc5)CC4)cccc32)cc1. The van der Waals surface area contributed by atoms with Crippen molar-refractivity contribution in [3.05, 3.63) is 96.2 Å². The van der Waals surface area contributed by atoms with Crippen LogP contribution >= 0.6 is 0 Å². The Balaban J connectivity index is 1.36. The van der Waals surface area contributed by atoms with E-state index in [4.69, 9.17) is 0 Å². The molecule has 4 aromatic rings.